The highest BCUT2D eigenvalue weighted by Crippen LogP contribution is 2.40. The molecule has 0 unspecified atom stereocenters. The molecule has 0 spiro atoms. The zero-order valence-corrected chi connectivity index (χ0v) is 8.04. The standard InChI is InChI=1S/C10H15NO2/c1-9(2,11)10(6-12-7-10)8-4-3-5-13-8/h3-5H,6-7,11H2,1-2H3. The first-order chi connectivity index (χ1) is 6.06. The van der Waals surface area contributed by atoms with Crippen molar-refractivity contribution in [2.45, 2.75) is 24.8 Å². The van der Waals surface area contributed by atoms with Crippen LogP contribution in [0.4, 0.5) is 0 Å². The molecule has 1 aliphatic rings. The fourth-order valence-corrected chi connectivity index (χ4v) is 1.69. The molecule has 1 saturated heterocycles. The lowest BCUT2D eigenvalue weighted by molar-refractivity contribution is -0.102. The molecule has 1 fully saturated rings. The summed E-state index contributed by atoms with van der Waals surface area (Å²) in [5.41, 5.74) is 5.70. The lowest BCUT2D eigenvalue weighted by atomic mass is 9.68. The molecule has 1 aromatic heterocycles. The maximum absolute atomic E-state index is 6.13. The Morgan fingerprint density at radius 3 is 2.46 bits per heavy atom. The van der Waals surface area contributed by atoms with E-state index in [9.17, 15) is 0 Å². The highest BCUT2D eigenvalue weighted by Gasteiger charge is 2.52. The first-order valence-corrected chi connectivity index (χ1v) is 4.47. The van der Waals surface area contributed by atoms with Gasteiger partial charge in [-0.3, -0.25) is 0 Å². The molecule has 0 atom stereocenters. The maximum atomic E-state index is 6.13. The van der Waals surface area contributed by atoms with Gasteiger partial charge < -0.3 is 14.9 Å². The summed E-state index contributed by atoms with van der Waals surface area (Å²) in [5.74, 6) is 0.936. The molecule has 0 radical (unpaired) electrons. The Morgan fingerprint density at radius 2 is 2.15 bits per heavy atom. The van der Waals surface area contributed by atoms with E-state index in [1.165, 1.54) is 0 Å². The van der Waals surface area contributed by atoms with Crippen LogP contribution >= 0.6 is 0 Å². The van der Waals surface area contributed by atoms with Crippen LogP contribution in [-0.2, 0) is 10.2 Å². The zero-order chi connectivity index (χ0) is 9.53. The monoisotopic (exact) mass is 181 g/mol. The van der Waals surface area contributed by atoms with Crippen molar-refractivity contribution < 1.29 is 9.15 Å². The summed E-state index contributed by atoms with van der Waals surface area (Å²) in [7, 11) is 0. The van der Waals surface area contributed by atoms with Crippen LogP contribution in [0.5, 0.6) is 0 Å². The van der Waals surface area contributed by atoms with Crippen molar-refractivity contribution in [3.63, 3.8) is 0 Å². The second-order valence-corrected chi connectivity index (χ2v) is 4.27. The van der Waals surface area contributed by atoms with E-state index >= 15 is 0 Å². The van der Waals surface area contributed by atoms with Gasteiger partial charge in [0.1, 0.15) is 5.76 Å². The molecular weight excluding hydrogens is 166 g/mol. The molecule has 2 N–H and O–H groups in total. The summed E-state index contributed by atoms with van der Waals surface area (Å²) < 4.78 is 10.7. The lowest BCUT2D eigenvalue weighted by Crippen LogP contribution is -2.64. The van der Waals surface area contributed by atoms with Crippen LogP contribution in [0.1, 0.15) is 19.6 Å². The third-order valence-electron chi connectivity index (χ3n) is 2.92. The van der Waals surface area contributed by atoms with Gasteiger partial charge in [-0.2, -0.15) is 0 Å². The third-order valence-corrected chi connectivity index (χ3v) is 2.92. The molecule has 0 bridgehead atoms. The predicted molar refractivity (Wildman–Crippen MR) is 49.5 cm³/mol. The van der Waals surface area contributed by atoms with Crippen LogP contribution in [0.15, 0.2) is 22.8 Å². The van der Waals surface area contributed by atoms with Gasteiger partial charge in [0, 0.05) is 5.54 Å². The first kappa shape index (κ1) is 8.78. The quantitative estimate of drug-likeness (QED) is 0.747. The van der Waals surface area contributed by atoms with E-state index in [0.29, 0.717) is 13.2 Å². The Balaban J connectivity index is 2.37. The summed E-state index contributed by atoms with van der Waals surface area (Å²) in [5, 5.41) is 0. The van der Waals surface area contributed by atoms with E-state index in [0.717, 1.165) is 5.76 Å². The summed E-state index contributed by atoms with van der Waals surface area (Å²) >= 11 is 0. The van der Waals surface area contributed by atoms with E-state index in [2.05, 4.69) is 0 Å². The molecule has 1 aromatic rings. The van der Waals surface area contributed by atoms with E-state index in [1.54, 1.807) is 6.26 Å². The van der Waals surface area contributed by atoms with Crippen molar-refractivity contribution in [1.29, 1.82) is 0 Å². The van der Waals surface area contributed by atoms with Crippen molar-refractivity contribution >= 4 is 0 Å². The summed E-state index contributed by atoms with van der Waals surface area (Å²) in [4.78, 5) is 0. The Labute approximate surface area is 77.9 Å². The van der Waals surface area contributed by atoms with E-state index in [4.69, 9.17) is 14.9 Å². The minimum absolute atomic E-state index is 0.128. The normalized spacial score (nSPS) is 21.2. The predicted octanol–water partition coefficient (Wildman–Crippen LogP) is 1.28. The smallest absolute Gasteiger partial charge is 0.116 e. The number of hydrogen-bond acceptors (Lipinski definition) is 3. The molecule has 2 heterocycles. The van der Waals surface area contributed by atoms with Gasteiger partial charge >= 0.3 is 0 Å². The van der Waals surface area contributed by atoms with Gasteiger partial charge in [-0.05, 0) is 26.0 Å². The van der Waals surface area contributed by atoms with Gasteiger partial charge in [-0.15, -0.1) is 0 Å². The number of furan rings is 1. The number of ether oxygens (including phenoxy) is 1. The number of rotatable bonds is 2. The first-order valence-electron chi connectivity index (χ1n) is 4.47. The average molecular weight is 181 g/mol. The molecule has 1 aliphatic heterocycles. The second kappa shape index (κ2) is 2.59. The molecule has 72 valence electrons. The fraction of sp³-hybridized carbons (Fsp3) is 0.600. The van der Waals surface area contributed by atoms with Crippen molar-refractivity contribution in [2.24, 2.45) is 5.73 Å². The van der Waals surface area contributed by atoms with Crippen molar-refractivity contribution in [1.82, 2.24) is 0 Å². The molecule has 0 saturated carbocycles. The van der Waals surface area contributed by atoms with Crippen LogP contribution in [0.2, 0.25) is 0 Å². The van der Waals surface area contributed by atoms with Crippen LogP contribution in [0.25, 0.3) is 0 Å². The van der Waals surface area contributed by atoms with Gasteiger partial charge in [0.15, 0.2) is 0 Å². The largest absolute Gasteiger partial charge is 0.469 e. The Kier molecular flexibility index (Phi) is 1.75. The highest BCUT2D eigenvalue weighted by molar-refractivity contribution is 5.24. The third kappa shape index (κ3) is 1.11. The summed E-state index contributed by atoms with van der Waals surface area (Å²) in [6.45, 7) is 5.34. The van der Waals surface area contributed by atoms with E-state index in [-0.39, 0.29) is 11.0 Å². The highest BCUT2D eigenvalue weighted by atomic mass is 16.5. The lowest BCUT2D eigenvalue weighted by Gasteiger charge is -2.48. The van der Waals surface area contributed by atoms with Crippen molar-refractivity contribution in [3.8, 4) is 0 Å². The molecule has 2 rings (SSSR count). The molecule has 3 heteroatoms. The van der Waals surface area contributed by atoms with Gasteiger partial charge in [0.2, 0.25) is 0 Å². The Hall–Kier alpha value is -0.800. The summed E-state index contributed by atoms with van der Waals surface area (Å²) in [6, 6.07) is 3.86. The molecule has 13 heavy (non-hydrogen) atoms. The molecule has 0 amide bonds. The molecule has 0 aromatic carbocycles. The van der Waals surface area contributed by atoms with Gasteiger partial charge in [-0.1, -0.05) is 0 Å². The second-order valence-electron chi connectivity index (χ2n) is 4.27. The van der Waals surface area contributed by atoms with Crippen LogP contribution in [0.3, 0.4) is 0 Å². The minimum Gasteiger partial charge on any atom is -0.469 e. The Morgan fingerprint density at radius 1 is 1.46 bits per heavy atom. The number of nitrogens with two attached hydrogens (primary N) is 1. The SMILES string of the molecule is CC(C)(N)C1(c2ccco2)COC1. The van der Waals surface area contributed by atoms with Crippen molar-refractivity contribution in [3.05, 3.63) is 24.2 Å². The van der Waals surface area contributed by atoms with Crippen LogP contribution in [-0.4, -0.2) is 18.8 Å². The van der Waals surface area contributed by atoms with Gasteiger partial charge in [0.25, 0.3) is 0 Å². The molecular formula is C10H15NO2. The van der Waals surface area contributed by atoms with Crippen LogP contribution < -0.4 is 5.73 Å². The van der Waals surface area contributed by atoms with Gasteiger partial charge in [-0.25, -0.2) is 0 Å². The maximum Gasteiger partial charge on any atom is 0.116 e. The topological polar surface area (TPSA) is 48.4 Å². The average Bonchev–Trinajstić information content (AvgIpc) is 2.32. The minimum atomic E-state index is -0.302. The van der Waals surface area contributed by atoms with Crippen LogP contribution in [0, 0.1) is 0 Å². The Bertz CT molecular complexity index is 280. The zero-order valence-electron chi connectivity index (χ0n) is 8.04. The van der Waals surface area contributed by atoms with E-state index < -0.39 is 0 Å². The molecule has 0 aliphatic carbocycles. The summed E-state index contributed by atoms with van der Waals surface area (Å²) in [6.07, 6.45) is 1.68. The molecule has 3 nitrogen and oxygen atoms in total. The number of hydrogen-bond donors (Lipinski definition) is 1. The fourth-order valence-electron chi connectivity index (χ4n) is 1.69. The van der Waals surface area contributed by atoms with Crippen molar-refractivity contribution in [2.75, 3.05) is 13.2 Å². The van der Waals surface area contributed by atoms with E-state index in [1.807, 2.05) is 26.0 Å². The van der Waals surface area contributed by atoms with Gasteiger partial charge in [0.05, 0.1) is 24.9 Å².